The van der Waals surface area contributed by atoms with E-state index in [1.165, 1.54) is 11.5 Å². The third kappa shape index (κ3) is 10.4. The summed E-state index contributed by atoms with van der Waals surface area (Å²) in [7, 11) is 0. The van der Waals surface area contributed by atoms with Crippen molar-refractivity contribution in [3.63, 3.8) is 0 Å². The molecule has 1 unspecified atom stereocenters. The van der Waals surface area contributed by atoms with Crippen molar-refractivity contribution in [3.8, 4) is 0 Å². The van der Waals surface area contributed by atoms with Crippen LogP contribution in [-0.4, -0.2) is 36.2 Å². The molecule has 0 aromatic rings. The van der Waals surface area contributed by atoms with Crippen LogP contribution in [0, 0.1) is 0 Å². The summed E-state index contributed by atoms with van der Waals surface area (Å²) in [4.78, 5) is 0. The van der Waals surface area contributed by atoms with Gasteiger partial charge in [0.15, 0.2) is 0 Å². The van der Waals surface area contributed by atoms with E-state index in [4.69, 9.17) is 0 Å². The molecule has 0 amide bonds. The number of hydrogen-bond donors (Lipinski definition) is 2. The second kappa shape index (κ2) is 7.55. The van der Waals surface area contributed by atoms with Crippen LogP contribution >= 0.6 is 11.8 Å². The van der Waals surface area contributed by atoms with E-state index in [9.17, 15) is 0 Å². The van der Waals surface area contributed by atoms with E-state index in [-0.39, 0.29) is 5.54 Å². The van der Waals surface area contributed by atoms with E-state index in [0.29, 0.717) is 6.04 Å². The smallest absolute Gasteiger partial charge is 0.0130 e. The molecule has 2 N–H and O–H groups in total. The third-order valence-corrected chi connectivity index (χ3v) is 2.99. The average molecular weight is 218 g/mol. The Morgan fingerprint density at radius 1 is 1.21 bits per heavy atom. The summed E-state index contributed by atoms with van der Waals surface area (Å²) in [5.74, 6) is 2.43. The van der Waals surface area contributed by atoms with E-state index in [1.807, 2.05) is 11.8 Å². The number of thioether (sulfide) groups is 1. The molecule has 3 heteroatoms. The highest BCUT2D eigenvalue weighted by atomic mass is 32.2. The van der Waals surface area contributed by atoms with Crippen molar-refractivity contribution in [3.05, 3.63) is 0 Å². The van der Waals surface area contributed by atoms with Crippen LogP contribution in [0.15, 0.2) is 0 Å². The van der Waals surface area contributed by atoms with Gasteiger partial charge in [-0.15, -0.1) is 0 Å². The molecule has 0 aromatic heterocycles. The minimum absolute atomic E-state index is 0.239. The molecule has 0 aromatic carbocycles. The molecule has 0 saturated heterocycles. The highest BCUT2D eigenvalue weighted by molar-refractivity contribution is 7.99. The zero-order chi connectivity index (χ0) is 11.0. The maximum Gasteiger partial charge on any atom is 0.0130 e. The fourth-order valence-electron chi connectivity index (χ4n) is 1.11. The van der Waals surface area contributed by atoms with Gasteiger partial charge < -0.3 is 10.6 Å². The lowest BCUT2D eigenvalue weighted by molar-refractivity contribution is 0.416. The molecule has 2 nitrogen and oxygen atoms in total. The molecule has 0 fully saturated rings. The fourth-order valence-corrected chi connectivity index (χ4v) is 1.82. The van der Waals surface area contributed by atoms with E-state index in [1.54, 1.807) is 0 Å². The zero-order valence-corrected chi connectivity index (χ0v) is 11.1. The summed E-state index contributed by atoms with van der Waals surface area (Å²) in [6, 6.07) is 0.627. The Morgan fingerprint density at radius 3 is 2.36 bits per heavy atom. The van der Waals surface area contributed by atoms with Crippen LogP contribution in [0.1, 0.15) is 34.6 Å². The van der Waals surface area contributed by atoms with Gasteiger partial charge >= 0.3 is 0 Å². The zero-order valence-electron chi connectivity index (χ0n) is 10.3. The highest BCUT2D eigenvalue weighted by Crippen LogP contribution is 2.01. The van der Waals surface area contributed by atoms with Crippen LogP contribution in [0.25, 0.3) is 0 Å². The lowest BCUT2D eigenvalue weighted by Crippen LogP contribution is -2.42. The third-order valence-electron chi connectivity index (χ3n) is 1.85. The summed E-state index contributed by atoms with van der Waals surface area (Å²) in [5.41, 5.74) is 0.239. The number of hydrogen-bond acceptors (Lipinski definition) is 3. The summed E-state index contributed by atoms with van der Waals surface area (Å²) in [6.07, 6.45) is 0. The van der Waals surface area contributed by atoms with Gasteiger partial charge in [-0.3, -0.25) is 0 Å². The molecule has 0 aliphatic carbocycles. The Kier molecular flexibility index (Phi) is 7.69. The Hall–Kier alpha value is 0.270. The standard InChI is InChI=1S/C11H26N2S/c1-6-14-9-10(2)12-7-8-13-11(3,4)5/h10,12-13H,6-9H2,1-5H3. The van der Waals surface area contributed by atoms with Gasteiger partial charge in [0.25, 0.3) is 0 Å². The Labute approximate surface area is 93.6 Å². The predicted molar refractivity (Wildman–Crippen MR) is 68.2 cm³/mol. The minimum Gasteiger partial charge on any atom is -0.312 e. The lowest BCUT2D eigenvalue weighted by Gasteiger charge is -2.21. The summed E-state index contributed by atoms with van der Waals surface area (Å²) in [6.45, 7) is 13.2. The van der Waals surface area contributed by atoms with Crippen molar-refractivity contribution in [1.29, 1.82) is 0 Å². The van der Waals surface area contributed by atoms with Crippen LogP contribution < -0.4 is 10.6 Å². The van der Waals surface area contributed by atoms with E-state index < -0.39 is 0 Å². The molecular weight excluding hydrogens is 192 g/mol. The number of rotatable bonds is 7. The van der Waals surface area contributed by atoms with E-state index >= 15 is 0 Å². The van der Waals surface area contributed by atoms with Crippen molar-refractivity contribution in [2.24, 2.45) is 0 Å². The maximum atomic E-state index is 3.51. The first kappa shape index (κ1) is 14.3. The highest BCUT2D eigenvalue weighted by Gasteiger charge is 2.07. The average Bonchev–Trinajstić information content (AvgIpc) is 2.07. The van der Waals surface area contributed by atoms with Gasteiger partial charge in [-0.1, -0.05) is 6.92 Å². The van der Waals surface area contributed by atoms with Crippen molar-refractivity contribution in [1.82, 2.24) is 10.6 Å². The molecule has 0 radical (unpaired) electrons. The Balaban J connectivity index is 3.27. The van der Waals surface area contributed by atoms with Crippen molar-refractivity contribution >= 4 is 11.8 Å². The van der Waals surface area contributed by atoms with Crippen molar-refractivity contribution in [2.45, 2.75) is 46.2 Å². The SMILES string of the molecule is CCSCC(C)NCCNC(C)(C)C. The van der Waals surface area contributed by atoms with Crippen molar-refractivity contribution < 1.29 is 0 Å². The lowest BCUT2D eigenvalue weighted by atomic mass is 10.1. The molecule has 1 atom stereocenters. The van der Waals surface area contributed by atoms with Crippen LogP contribution in [-0.2, 0) is 0 Å². The predicted octanol–water partition coefficient (Wildman–Crippen LogP) is 2.11. The molecule has 14 heavy (non-hydrogen) atoms. The van der Waals surface area contributed by atoms with Gasteiger partial charge in [0.05, 0.1) is 0 Å². The Morgan fingerprint density at radius 2 is 1.86 bits per heavy atom. The van der Waals surface area contributed by atoms with Gasteiger partial charge in [-0.05, 0) is 33.4 Å². The molecule has 0 saturated carbocycles. The second-order valence-electron chi connectivity index (χ2n) is 4.69. The first-order valence-corrected chi connectivity index (χ1v) is 6.67. The van der Waals surface area contributed by atoms with E-state index in [0.717, 1.165) is 13.1 Å². The minimum atomic E-state index is 0.239. The monoisotopic (exact) mass is 218 g/mol. The van der Waals surface area contributed by atoms with Gasteiger partial charge in [0, 0.05) is 30.4 Å². The molecule has 0 spiro atoms. The summed E-state index contributed by atoms with van der Waals surface area (Å²) < 4.78 is 0. The molecule has 0 aliphatic heterocycles. The largest absolute Gasteiger partial charge is 0.312 e. The van der Waals surface area contributed by atoms with Gasteiger partial charge in [-0.2, -0.15) is 11.8 Å². The first-order valence-electron chi connectivity index (χ1n) is 5.52. The molecule has 0 heterocycles. The van der Waals surface area contributed by atoms with Crippen LogP contribution in [0.4, 0.5) is 0 Å². The molecule has 0 bridgehead atoms. The fraction of sp³-hybridized carbons (Fsp3) is 1.00. The summed E-state index contributed by atoms with van der Waals surface area (Å²) >= 11 is 2.00. The first-order chi connectivity index (χ1) is 6.45. The molecule has 86 valence electrons. The molecule has 0 rings (SSSR count). The Bertz CT molecular complexity index is 132. The van der Waals surface area contributed by atoms with Crippen LogP contribution in [0.3, 0.4) is 0 Å². The normalized spacial score (nSPS) is 14.4. The molecule has 0 aliphatic rings. The van der Waals surface area contributed by atoms with Crippen LogP contribution in [0.5, 0.6) is 0 Å². The second-order valence-corrected chi connectivity index (χ2v) is 6.01. The molecular formula is C11H26N2S. The summed E-state index contributed by atoms with van der Waals surface area (Å²) in [5, 5.41) is 6.97. The van der Waals surface area contributed by atoms with Gasteiger partial charge in [-0.25, -0.2) is 0 Å². The topological polar surface area (TPSA) is 24.1 Å². The quantitative estimate of drug-likeness (QED) is 0.640. The van der Waals surface area contributed by atoms with Gasteiger partial charge in [0.1, 0.15) is 0 Å². The van der Waals surface area contributed by atoms with Crippen molar-refractivity contribution in [2.75, 3.05) is 24.6 Å². The van der Waals surface area contributed by atoms with E-state index in [2.05, 4.69) is 45.3 Å². The maximum absolute atomic E-state index is 3.51. The van der Waals surface area contributed by atoms with Crippen LogP contribution in [0.2, 0.25) is 0 Å². The van der Waals surface area contributed by atoms with Gasteiger partial charge in [0.2, 0.25) is 0 Å². The number of nitrogens with one attached hydrogen (secondary N) is 2.